The summed E-state index contributed by atoms with van der Waals surface area (Å²) in [6, 6.07) is 7.85. The summed E-state index contributed by atoms with van der Waals surface area (Å²) in [4.78, 5) is 0. The Morgan fingerprint density at radius 1 is 1.42 bits per heavy atom. The summed E-state index contributed by atoms with van der Waals surface area (Å²) in [5.41, 5.74) is 3.81. The first kappa shape index (κ1) is 18.7. The highest BCUT2D eigenvalue weighted by atomic mass is 32.1. The Balaban J connectivity index is 1.66. The topological polar surface area (TPSA) is 54.9 Å². The second-order valence-electron chi connectivity index (χ2n) is 6.32. The second-order valence-corrected chi connectivity index (χ2v) is 6.72. The van der Waals surface area contributed by atoms with Crippen LogP contribution < -0.4 is 15.5 Å². The molecule has 132 valence electrons. The number of benzene rings is 1. The molecule has 1 atom stereocenters. The Labute approximate surface area is 149 Å². The number of nitrogens with zero attached hydrogens (tertiary/aromatic N) is 1. The molecule has 1 aromatic carbocycles. The molecule has 1 unspecified atom stereocenters. The third-order valence-electron chi connectivity index (χ3n) is 3.74. The minimum absolute atomic E-state index is 0.261. The monoisotopic (exact) mass is 349 g/mol. The summed E-state index contributed by atoms with van der Waals surface area (Å²) in [5.74, 6) is 1.54. The molecular weight excluding hydrogens is 322 g/mol. The zero-order valence-corrected chi connectivity index (χ0v) is 15.3. The molecule has 0 saturated carbocycles. The number of hydrazone groups is 1. The van der Waals surface area contributed by atoms with Crippen LogP contribution in [0.2, 0.25) is 0 Å². The Kier molecular flexibility index (Phi) is 7.98. The van der Waals surface area contributed by atoms with Crippen molar-refractivity contribution in [3.63, 3.8) is 0 Å². The zero-order chi connectivity index (χ0) is 17.2. The van der Waals surface area contributed by atoms with Gasteiger partial charge < -0.3 is 14.8 Å². The highest BCUT2D eigenvalue weighted by molar-refractivity contribution is 7.80. The molecule has 0 aliphatic carbocycles. The van der Waals surface area contributed by atoms with Gasteiger partial charge in [0.05, 0.1) is 18.9 Å². The van der Waals surface area contributed by atoms with Crippen LogP contribution in [0.5, 0.6) is 5.75 Å². The van der Waals surface area contributed by atoms with Crippen LogP contribution >= 0.6 is 12.2 Å². The van der Waals surface area contributed by atoms with E-state index in [2.05, 4.69) is 29.7 Å². The van der Waals surface area contributed by atoms with Gasteiger partial charge in [-0.1, -0.05) is 13.8 Å². The van der Waals surface area contributed by atoms with Crippen LogP contribution in [-0.2, 0) is 4.74 Å². The number of ether oxygens (including phenoxy) is 2. The molecular formula is C18H27N3O2S. The molecule has 0 radical (unpaired) electrons. The SMILES string of the molecule is CC(C)CCOc1ccc(C=NNC(=S)NCC2CCCO2)cc1. The lowest BCUT2D eigenvalue weighted by Gasteiger charge is -2.11. The van der Waals surface area contributed by atoms with E-state index in [9.17, 15) is 0 Å². The van der Waals surface area contributed by atoms with E-state index >= 15 is 0 Å². The normalized spacial score (nSPS) is 17.4. The number of nitrogens with one attached hydrogen (secondary N) is 2. The molecule has 0 aromatic heterocycles. The van der Waals surface area contributed by atoms with Gasteiger partial charge in [-0.15, -0.1) is 0 Å². The molecule has 5 nitrogen and oxygen atoms in total. The van der Waals surface area contributed by atoms with Crippen LogP contribution in [0.15, 0.2) is 29.4 Å². The lowest BCUT2D eigenvalue weighted by atomic mass is 10.1. The Morgan fingerprint density at radius 3 is 2.88 bits per heavy atom. The van der Waals surface area contributed by atoms with Crippen molar-refractivity contribution in [2.24, 2.45) is 11.0 Å². The highest BCUT2D eigenvalue weighted by Gasteiger charge is 2.14. The van der Waals surface area contributed by atoms with Gasteiger partial charge in [0.25, 0.3) is 0 Å². The molecule has 6 heteroatoms. The van der Waals surface area contributed by atoms with E-state index in [4.69, 9.17) is 21.7 Å². The first-order valence-corrected chi connectivity index (χ1v) is 8.95. The van der Waals surface area contributed by atoms with Crippen molar-refractivity contribution in [3.8, 4) is 5.75 Å². The van der Waals surface area contributed by atoms with Crippen molar-refractivity contribution < 1.29 is 9.47 Å². The maximum Gasteiger partial charge on any atom is 0.187 e. The molecule has 1 aliphatic rings. The summed E-state index contributed by atoms with van der Waals surface area (Å²) in [7, 11) is 0. The van der Waals surface area contributed by atoms with Gasteiger partial charge in [-0.05, 0) is 67.2 Å². The van der Waals surface area contributed by atoms with Crippen LogP contribution in [0.1, 0.15) is 38.7 Å². The molecule has 0 bridgehead atoms. The van der Waals surface area contributed by atoms with Crippen LogP contribution in [0.4, 0.5) is 0 Å². The van der Waals surface area contributed by atoms with Gasteiger partial charge in [-0.2, -0.15) is 5.10 Å². The summed E-state index contributed by atoms with van der Waals surface area (Å²) in [6.07, 6.45) is 5.27. The van der Waals surface area contributed by atoms with Crippen molar-refractivity contribution in [2.75, 3.05) is 19.8 Å². The summed E-state index contributed by atoms with van der Waals surface area (Å²) < 4.78 is 11.2. The van der Waals surface area contributed by atoms with Crippen molar-refractivity contribution in [3.05, 3.63) is 29.8 Å². The third kappa shape index (κ3) is 7.27. The van der Waals surface area contributed by atoms with E-state index in [1.54, 1.807) is 6.21 Å². The van der Waals surface area contributed by atoms with Gasteiger partial charge in [0, 0.05) is 13.2 Å². The molecule has 0 amide bonds. The lowest BCUT2D eigenvalue weighted by Crippen LogP contribution is -2.37. The third-order valence-corrected chi connectivity index (χ3v) is 3.97. The minimum atomic E-state index is 0.261. The van der Waals surface area contributed by atoms with Gasteiger partial charge in [0.15, 0.2) is 5.11 Å². The molecule has 1 aromatic rings. The summed E-state index contributed by atoms with van der Waals surface area (Å²) in [5, 5.41) is 7.76. The molecule has 1 fully saturated rings. The van der Waals surface area contributed by atoms with E-state index in [0.29, 0.717) is 11.0 Å². The fraction of sp³-hybridized carbons (Fsp3) is 0.556. The van der Waals surface area contributed by atoms with E-state index in [1.807, 2.05) is 24.3 Å². The average Bonchev–Trinajstić information content (AvgIpc) is 3.07. The molecule has 1 aliphatic heterocycles. The molecule has 1 heterocycles. The fourth-order valence-electron chi connectivity index (χ4n) is 2.28. The second kappa shape index (κ2) is 10.3. The predicted octanol–water partition coefficient (Wildman–Crippen LogP) is 3.09. The maximum absolute atomic E-state index is 5.69. The Hall–Kier alpha value is -1.66. The first-order chi connectivity index (χ1) is 11.6. The Morgan fingerprint density at radius 2 is 2.21 bits per heavy atom. The average molecular weight is 350 g/mol. The van der Waals surface area contributed by atoms with Crippen LogP contribution in [0.3, 0.4) is 0 Å². The van der Waals surface area contributed by atoms with Crippen LogP contribution in [-0.4, -0.2) is 37.2 Å². The van der Waals surface area contributed by atoms with Gasteiger partial charge in [-0.3, -0.25) is 5.43 Å². The molecule has 24 heavy (non-hydrogen) atoms. The van der Waals surface area contributed by atoms with Crippen molar-refractivity contribution in [1.29, 1.82) is 0 Å². The van der Waals surface area contributed by atoms with Crippen molar-refractivity contribution in [2.45, 2.75) is 39.2 Å². The van der Waals surface area contributed by atoms with Crippen LogP contribution in [0.25, 0.3) is 0 Å². The first-order valence-electron chi connectivity index (χ1n) is 8.55. The molecule has 1 saturated heterocycles. The molecule has 2 N–H and O–H groups in total. The van der Waals surface area contributed by atoms with Crippen LogP contribution in [0, 0.1) is 5.92 Å². The largest absolute Gasteiger partial charge is 0.494 e. The fourth-order valence-corrected chi connectivity index (χ4v) is 2.42. The van der Waals surface area contributed by atoms with Gasteiger partial charge >= 0.3 is 0 Å². The lowest BCUT2D eigenvalue weighted by molar-refractivity contribution is 0.114. The van der Waals surface area contributed by atoms with Crippen molar-refractivity contribution >= 4 is 23.5 Å². The maximum atomic E-state index is 5.69. The predicted molar refractivity (Wildman–Crippen MR) is 102 cm³/mol. The quantitative estimate of drug-likeness (QED) is 0.429. The van der Waals surface area contributed by atoms with E-state index in [-0.39, 0.29) is 6.10 Å². The summed E-state index contributed by atoms with van der Waals surface area (Å²) in [6.45, 7) is 6.70. The number of hydrogen-bond acceptors (Lipinski definition) is 4. The van der Waals surface area contributed by atoms with E-state index in [1.165, 1.54) is 0 Å². The van der Waals surface area contributed by atoms with Gasteiger partial charge in [0.1, 0.15) is 5.75 Å². The summed E-state index contributed by atoms with van der Waals surface area (Å²) >= 11 is 5.18. The van der Waals surface area contributed by atoms with E-state index in [0.717, 1.165) is 50.3 Å². The molecule has 0 spiro atoms. The number of thiocarbonyl (C=S) groups is 1. The molecule has 2 rings (SSSR count). The number of hydrogen-bond donors (Lipinski definition) is 2. The Bertz CT molecular complexity index is 526. The van der Waals surface area contributed by atoms with Gasteiger partial charge in [0.2, 0.25) is 0 Å². The highest BCUT2D eigenvalue weighted by Crippen LogP contribution is 2.12. The zero-order valence-electron chi connectivity index (χ0n) is 14.5. The van der Waals surface area contributed by atoms with Gasteiger partial charge in [-0.25, -0.2) is 0 Å². The van der Waals surface area contributed by atoms with Crippen molar-refractivity contribution in [1.82, 2.24) is 10.7 Å². The standard InChI is InChI=1S/C18H27N3O2S/c1-14(2)9-11-23-16-7-5-15(6-8-16)12-20-21-18(24)19-13-17-4-3-10-22-17/h5-8,12,14,17H,3-4,9-11,13H2,1-2H3,(H2,19,21,24). The number of rotatable bonds is 8. The smallest absolute Gasteiger partial charge is 0.187 e. The minimum Gasteiger partial charge on any atom is -0.494 e. The van der Waals surface area contributed by atoms with E-state index < -0.39 is 0 Å².